The Morgan fingerprint density at radius 2 is 1.63 bits per heavy atom. The number of aliphatic hydroxyl groups is 5. The van der Waals surface area contributed by atoms with Crippen molar-refractivity contribution in [1.29, 1.82) is 0 Å². The summed E-state index contributed by atoms with van der Waals surface area (Å²) in [5, 5.41) is 71.8. The van der Waals surface area contributed by atoms with Gasteiger partial charge in [0.2, 0.25) is 0 Å². The van der Waals surface area contributed by atoms with Gasteiger partial charge in [-0.3, -0.25) is 9.69 Å². The van der Waals surface area contributed by atoms with Crippen LogP contribution in [-0.4, -0.2) is 152 Å². The van der Waals surface area contributed by atoms with E-state index in [1.807, 2.05) is 18.9 Å². The van der Waals surface area contributed by atoms with Gasteiger partial charge in [-0.15, -0.1) is 12.3 Å². The molecule has 0 aliphatic carbocycles. The van der Waals surface area contributed by atoms with Crippen LogP contribution in [0.4, 0.5) is 0 Å². The van der Waals surface area contributed by atoms with E-state index in [9.17, 15) is 35.5 Å². The lowest BCUT2D eigenvalue weighted by Crippen LogP contribution is -2.59. The summed E-state index contributed by atoms with van der Waals surface area (Å²) in [5.41, 5.74) is -4.70. The summed E-state index contributed by atoms with van der Waals surface area (Å²) in [5.74, 6) is -0.803. The second kappa shape index (κ2) is 19.0. The largest absolute Gasteiger partial charge is 0.459 e. The molecule has 15 heteroatoms. The number of oxime groups is 1. The standard InChI is InChI=1S/C39H68N2O13/c1-13-15-16-41(11)26-17-22(4)50-36(32(26)42)54-29-18-27(52-30-20-38(9,49-12)34(44)25(7)51-30)23(5)35(45)53-28(14-2)39(10,47)33(43)24(6)31(40-48)21(3)19-37(29,8)46/h1,21-30,32-34,36,42-44,46-48H,14-20H2,2-12H3/b40-31+/t21-,22-,23-,24+,25+,26+,27+,28-,29-,30?,32-,33-,34+,36+,37-,38-,39-/m1/s1. The molecule has 3 saturated heterocycles. The lowest BCUT2D eigenvalue weighted by atomic mass is 9.75. The fourth-order valence-corrected chi connectivity index (χ4v) is 8.35. The van der Waals surface area contributed by atoms with Crippen molar-refractivity contribution in [2.75, 3.05) is 20.7 Å². The average molecular weight is 773 g/mol. The summed E-state index contributed by atoms with van der Waals surface area (Å²) in [6.07, 6.45) is -3.88. The van der Waals surface area contributed by atoms with Crippen LogP contribution in [0.2, 0.25) is 0 Å². The van der Waals surface area contributed by atoms with E-state index in [-0.39, 0.29) is 43.5 Å². The van der Waals surface area contributed by atoms with E-state index < -0.39 is 95.8 Å². The molecule has 0 aromatic carbocycles. The van der Waals surface area contributed by atoms with Crippen LogP contribution < -0.4 is 0 Å². The molecule has 0 spiro atoms. The van der Waals surface area contributed by atoms with Gasteiger partial charge in [0.05, 0.1) is 53.4 Å². The van der Waals surface area contributed by atoms with Gasteiger partial charge in [0, 0.05) is 50.8 Å². The summed E-state index contributed by atoms with van der Waals surface area (Å²) in [6, 6.07) is -0.389. The van der Waals surface area contributed by atoms with Crippen molar-refractivity contribution in [2.45, 2.75) is 185 Å². The molecule has 54 heavy (non-hydrogen) atoms. The third-order valence-electron chi connectivity index (χ3n) is 12.1. The maximum atomic E-state index is 14.1. The number of aliphatic hydroxyl groups excluding tert-OH is 3. The number of hydrogen-bond donors (Lipinski definition) is 6. The number of terminal acetylenes is 1. The molecular formula is C39H68N2O13. The molecule has 0 aromatic rings. The van der Waals surface area contributed by atoms with Crippen molar-refractivity contribution in [3.63, 3.8) is 0 Å². The van der Waals surface area contributed by atoms with Gasteiger partial charge in [-0.1, -0.05) is 25.9 Å². The van der Waals surface area contributed by atoms with Gasteiger partial charge >= 0.3 is 5.97 Å². The van der Waals surface area contributed by atoms with Crippen molar-refractivity contribution in [3.8, 4) is 12.3 Å². The number of nitrogens with zero attached hydrogens (tertiary/aromatic N) is 2. The van der Waals surface area contributed by atoms with Crippen LogP contribution >= 0.6 is 0 Å². The van der Waals surface area contributed by atoms with Crippen LogP contribution in [0.15, 0.2) is 5.16 Å². The summed E-state index contributed by atoms with van der Waals surface area (Å²) < 4.78 is 37.0. The van der Waals surface area contributed by atoms with E-state index in [4.69, 9.17) is 34.8 Å². The summed E-state index contributed by atoms with van der Waals surface area (Å²) >= 11 is 0. The van der Waals surface area contributed by atoms with Crippen molar-refractivity contribution in [2.24, 2.45) is 22.9 Å². The highest BCUT2D eigenvalue weighted by atomic mass is 16.7. The van der Waals surface area contributed by atoms with E-state index in [0.717, 1.165) is 0 Å². The first-order valence-electron chi connectivity index (χ1n) is 19.3. The molecule has 1 unspecified atom stereocenters. The Balaban J connectivity index is 2.15. The first kappa shape index (κ1) is 46.4. The smallest absolute Gasteiger partial charge is 0.311 e. The molecule has 3 fully saturated rings. The van der Waals surface area contributed by atoms with E-state index in [1.54, 1.807) is 41.5 Å². The molecule has 312 valence electrons. The number of methoxy groups -OCH3 is 1. The van der Waals surface area contributed by atoms with Crippen LogP contribution in [0.1, 0.15) is 101 Å². The fourth-order valence-electron chi connectivity index (χ4n) is 8.35. The lowest BCUT2D eigenvalue weighted by Gasteiger charge is -2.47. The van der Waals surface area contributed by atoms with Gasteiger partial charge < -0.3 is 59.2 Å². The zero-order valence-corrected chi connectivity index (χ0v) is 34.0. The van der Waals surface area contributed by atoms with Crippen molar-refractivity contribution >= 4 is 11.7 Å². The van der Waals surface area contributed by atoms with Gasteiger partial charge in [0.1, 0.15) is 23.9 Å². The zero-order chi connectivity index (χ0) is 40.9. The molecule has 3 rings (SSSR count). The number of likely N-dealkylation sites (N-methyl/N-ethyl adjacent to an activating group) is 1. The highest BCUT2D eigenvalue weighted by molar-refractivity contribution is 5.88. The van der Waals surface area contributed by atoms with Gasteiger partial charge in [0.15, 0.2) is 12.6 Å². The number of cyclic esters (lactones) is 1. The second-order valence-corrected chi connectivity index (χ2v) is 16.6. The molecule has 3 aliphatic heterocycles. The third-order valence-corrected chi connectivity index (χ3v) is 12.1. The Morgan fingerprint density at radius 3 is 2.20 bits per heavy atom. The first-order valence-corrected chi connectivity index (χ1v) is 19.3. The predicted octanol–water partition coefficient (Wildman–Crippen LogP) is 2.19. The molecule has 0 aromatic heterocycles. The monoisotopic (exact) mass is 772 g/mol. The number of carbonyl (C=O) groups is 1. The second-order valence-electron chi connectivity index (χ2n) is 16.6. The Kier molecular flexibility index (Phi) is 16.3. The first-order chi connectivity index (χ1) is 25.1. The topological polar surface area (TPSA) is 209 Å². The maximum Gasteiger partial charge on any atom is 0.311 e. The van der Waals surface area contributed by atoms with E-state index in [1.165, 1.54) is 21.0 Å². The molecule has 6 N–H and O–H groups in total. The summed E-state index contributed by atoms with van der Waals surface area (Å²) in [6.45, 7) is 15.3. The number of ether oxygens (including phenoxy) is 6. The van der Waals surface area contributed by atoms with Gasteiger partial charge in [0.25, 0.3) is 0 Å². The van der Waals surface area contributed by atoms with Crippen molar-refractivity contribution in [3.05, 3.63) is 0 Å². The molecule has 0 radical (unpaired) electrons. The Bertz CT molecular complexity index is 1290. The molecule has 0 saturated carbocycles. The van der Waals surface area contributed by atoms with Crippen LogP contribution in [0.25, 0.3) is 0 Å². The minimum Gasteiger partial charge on any atom is -0.459 e. The highest BCUT2D eigenvalue weighted by Crippen LogP contribution is 2.39. The highest BCUT2D eigenvalue weighted by Gasteiger charge is 2.51. The van der Waals surface area contributed by atoms with Gasteiger partial charge in [-0.25, -0.2) is 0 Å². The zero-order valence-electron chi connectivity index (χ0n) is 34.0. The number of hydrogen-bond acceptors (Lipinski definition) is 15. The molecule has 3 aliphatic rings. The minimum atomic E-state index is -1.97. The third kappa shape index (κ3) is 10.5. The molecule has 0 bridgehead atoms. The SMILES string of the molecule is C#CCCN(C)[C@H]1C[C@@H](C)O[C@@H](O[C@@H]2C[C@H](OC3C[C@@](C)(OC)[C@@H](O)[C@H](C)O3)[C@@H](C)C(=O)O[C@H](CC)[C@@](C)(O)[C@H](O)[C@@H](C)/C(=N/O)[C@H](C)C[C@@]2(C)O)[C@@H]1O. The normalized spacial score (nSPS) is 46.8. The van der Waals surface area contributed by atoms with E-state index in [2.05, 4.69) is 11.1 Å². The van der Waals surface area contributed by atoms with Crippen LogP contribution in [0.5, 0.6) is 0 Å². The van der Waals surface area contributed by atoms with Crippen LogP contribution in [0.3, 0.4) is 0 Å². The maximum absolute atomic E-state index is 14.1. The number of esters is 1. The average Bonchev–Trinajstić information content (AvgIpc) is 3.10. The molecule has 17 atom stereocenters. The Morgan fingerprint density at radius 1 is 0.981 bits per heavy atom. The predicted molar refractivity (Wildman–Crippen MR) is 198 cm³/mol. The van der Waals surface area contributed by atoms with Gasteiger partial charge in [-0.2, -0.15) is 0 Å². The quantitative estimate of drug-likeness (QED) is 0.0860. The van der Waals surface area contributed by atoms with E-state index >= 15 is 0 Å². The lowest BCUT2D eigenvalue weighted by molar-refractivity contribution is -0.308. The van der Waals surface area contributed by atoms with Crippen molar-refractivity contribution in [1.82, 2.24) is 4.90 Å². The van der Waals surface area contributed by atoms with Crippen LogP contribution in [-0.2, 0) is 33.2 Å². The number of rotatable bonds is 9. The molecule has 0 amide bonds. The van der Waals surface area contributed by atoms with Crippen molar-refractivity contribution < 1.29 is 64.0 Å². The minimum absolute atomic E-state index is 0.0756. The van der Waals surface area contributed by atoms with Crippen LogP contribution in [0, 0.1) is 30.1 Å². The number of carbonyl (C=O) groups excluding carboxylic acids is 1. The Hall–Kier alpha value is -1.94. The molecular weight excluding hydrogens is 704 g/mol. The Labute approximate surface area is 321 Å². The van der Waals surface area contributed by atoms with E-state index in [0.29, 0.717) is 19.4 Å². The van der Waals surface area contributed by atoms with Gasteiger partial charge in [-0.05, 0) is 67.9 Å². The summed E-state index contributed by atoms with van der Waals surface area (Å²) in [7, 11) is 3.34. The summed E-state index contributed by atoms with van der Waals surface area (Å²) in [4.78, 5) is 16.0. The fraction of sp³-hybridized carbons (Fsp3) is 0.897. The molecule has 15 nitrogen and oxygen atoms in total. The molecule has 3 heterocycles.